The van der Waals surface area contributed by atoms with Gasteiger partial charge in [0.2, 0.25) is 0 Å². The molecule has 0 radical (unpaired) electrons. The Bertz CT molecular complexity index is 1230. The van der Waals surface area contributed by atoms with Gasteiger partial charge >= 0.3 is 13.2 Å². The van der Waals surface area contributed by atoms with E-state index in [0.717, 1.165) is 11.4 Å². The van der Waals surface area contributed by atoms with E-state index >= 15 is 0 Å². The van der Waals surface area contributed by atoms with Crippen molar-refractivity contribution < 1.29 is 13.2 Å². The van der Waals surface area contributed by atoms with E-state index in [-0.39, 0.29) is 17.9 Å². The molecule has 1 aromatic heterocycles. The molecule has 0 aliphatic carbocycles. The number of alkyl halides is 3. The van der Waals surface area contributed by atoms with Crippen LogP contribution in [0, 0.1) is 0 Å². The summed E-state index contributed by atoms with van der Waals surface area (Å²) in [7, 11) is 1.89. The van der Waals surface area contributed by atoms with Gasteiger partial charge in [-0.15, -0.1) is 0 Å². The highest BCUT2D eigenvalue weighted by molar-refractivity contribution is 6.82. The Morgan fingerprint density at radius 2 is 1.71 bits per heavy atom. The van der Waals surface area contributed by atoms with E-state index in [2.05, 4.69) is 15.2 Å². The van der Waals surface area contributed by atoms with Crippen LogP contribution < -0.4 is 15.6 Å². The highest BCUT2D eigenvalue weighted by atomic mass is 19.4. The third-order valence-electron chi connectivity index (χ3n) is 5.19. The molecule has 0 fully saturated rings. The summed E-state index contributed by atoms with van der Waals surface area (Å²) in [6.45, 7) is -0.384. The summed E-state index contributed by atoms with van der Waals surface area (Å²) < 4.78 is 41.9. The van der Waals surface area contributed by atoms with Gasteiger partial charge in [0, 0.05) is 16.8 Å². The number of nitrogens with one attached hydrogen (secondary N) is 1. The number of nitrogens with zero attached hydrogens (tertiary/aromatic N) is 3. The number of hydrogen-bond donors (Lipinski definition) is 1. The van der Waals surface area contributed by atoms with Gasteiger partial charge in [0.15, 0.2) is 0 Å². The Balaban J connectivity index is 1.80. The maximum absolute atomic E-state index is 14.0. The molecular formula is C20H14BF3N4. The highest BCUT2D eigenvalue weighted by Crippen LogP contribution is 2.39. The maximum Gasteiger partial charge on any atom is 0.428 e. The molecule has 0 spiro atoms. The van der Waals surface area contributed by atoms with Crippen molar-refractivity contribution in [1.82, 2.24) is 9.97 Å². The third-order valence-corrected chi connectivity index (χ3v) is 5.19. The highest BCUT2D eigenvalue weighted by Gasteiger charge is 2.39. The van der Waals surface area contributed by atoms with E-state index in [1.54, 1.807) is 24.3 Å². The normalized spacial score (nSPS) is 13.9. The van der Waals surface area contributed by atoms with Gasteiger partial charge in [-0.2, -0.15) is 13.2 Å². The van der Waals surface area contributed by atoms with Crippen molar-refractivity contribution in [3.05, 3.63) is 66.5 Å². The van der Waals surface area contributed by atoms with E-state index in [4.69, 9.17) is 0 Å². The average Bonchev–Trinajstić information content (AvgIpc) is 3.01. The Labute approximate surface area is 159 Å². The minimum Gasteiger partial charge on any atom is -0.403 e. The zero-order valence-electron chi connectivity index (χ0n) is 14.8. The molecule has 1 aliphatic rings. The molecule has 0 saturated heterocycles. The van der Waals surface area contributed by atoms with Crippen molar-refractivity contribution in [3.63, 3.8) is 0 Å². The van der Waals surface area contributed by atoms with E-state index in [9.17, 15) is 13.2 Å². The topological polar surface area (TPSA) is 41.1 Å². The molecular weight excluding hydrogens is 364 g/mol. The number of rotatable bonds is 1. The van der Waals surface area contributed by atoms with Crippen LogP contribution in [0.15, 0.2) is 60.9 Å². The van der Waals surface area contributed by atoms with E-state index in [1.807, 2.05) is 36.1 Å². The summed E-state index contributed by atoms with van der Waals surface area (Å²) in [5.74, 6) is 0. The summed E-state index contributed by atoms with van der Waals surface area (Å²) in [5.41, 5.74) is 1.60. The number of halogens is 3. The van der Waals surface area contributed by atoms with Crippen molar-refractivity contribution in [2.24, 2.45) is 0 Å². The quantitative estimate of drug-likeness (QED) is 0.401. The Hall–Kier alpha value is -3.29. The van der Waals surface area contributed by atoms with Gasteiger partial charge in [-0.05, 0) is 36.0 Å². The van der Waals surface area contributed by atoms with Crippen LogP contribution >= 0.6 is 0 Å². The number of fused-ring (bicyclic) bond motifs is 3. The van der Waals surface area contributed by atoms with Crippen LogP contribution in [0.25, 0.3) is 21.7 Å². The standard InChI is InChI=1S/C20H14BF3N4/c1-28-16-9-5-4-8-15(16)27-21(28)19-14-10-12-6-2-3-7-13(12)17(20(22,23)24)18(14)25-11-26-19/h2-11,27H,1H3. The summed E-state index contributed by atoms with van der Waals surface area (Å²) in [6.07, 6.45) is -3.32. The largest absolute Gasteiger partial charge is 0.428 e. The van der Waals surface area contributed by atoms with Crippen LogP contribution in [0.5, 0.6) is 0 Å². The zero-order chi connectivity index (χ0) is 19.5. The Morgan fingerprint density at radius 1 is 0.964 bits per heavy atom. The van der Waals surface area contributed by atoms with E-state index < -0.39 is 11.7 Å². The smallest absolute Gasteiger partial charge is 0.403 e. The van der Waals surface area contributed by atoms with Crippen LogP contribution in [0.3, 0.4) is 0 Å². The lowest BCUT2D eigenvalue weighted by atomic mass is 9.69. The number of benzene rings is 3. The van der Waals surface area contributed by atoms with Gasteiger partial charge in [0.1, 0.15) is 6.33 Å². The number of anilines is 2. The lowest BCUT2D eigenvalue weighted by Gasteiger charge is -2.20. The minimum atomic E-state index is -4.53. The molecule has 2 heterocycles. The maximum atomic E-state index is 14.0. The third kappa shape index (κ3) is 2.41. The van der Waals surface area contributed by atoms with Crippen molar-refractivity contribution in [2.45, 2.75) is 6.18 Å². The summed E-state index contributed by atoms with van der Waals surface area (Å²) in [6, 6.07) is 16.0. The first-order valence-electron chi connectivity index (χ1n) is 8.77. The van der Waals surface area contributed by atoms with E-state index in [0.29, 0.717) is 16.4 Å². The summed E-state index contributed by atoms with van der Waals surface area (Å²) in [5, 5.41) is 4.40. The van der Waals surface area contributed by atoms with Crippen LogP contribution in [-0.4, -0.2) is 24.0 Å². The lowest BCUT2D eigenvalue weighted by Crippen LogP contribution is -2.50. The number of para-hydroxylation sites is 2. The van der Waals surface area contributed by atoms with E-state index in [1.165, 1.54) is 12.4 Å². The fourth-order valence-corrected chi connectivity index (χ4v) is 3.93. The van der Waals surface area contributed by atoms with Crippen molar-refractivity contribution in [2.75, 3.05) is 17.1 Å². The molecule has 28 heavy (non-hydrogen) atoms. The van der Waals surface area contributed by atoms with Crippen molar-refractivity contribution >= 4 is 45.6 Å². The Morgan fingerprint density at radius 3 is 2.50 bits per heavy atom. The van der Waals surface area contributed by atoms with Gasteiger partial charge in [-0.3, -0.25) is 0 Å². The first-order chi connectivity index (χ1) is 13.4. The number of aromatic nitrogens is 2. The molecule has 0 saturated carbocycles. The molecule has 8 heteroatoms. The molecule has 3 aromatic carbocycles. The molecule has 138 valence electrons. The monoisotopic (exact) mass is 378 g/mol. The summed E-state index contributed by atoms with van der Waals surface area (Å²) in [4.78, 5) is 10.4. The van der Waals surface area contributed by atoms with Crippen molar-refractivity contribution in [3.8, 4) is 0 Å². The molecule has 0 atom stereocenters. The van der Waals surface area contributed by atoms with Crippen LogP contribution in [0.4, 0.5) is 24.5 Å². The first kappa shape index (κ1) is 16.9. The predicted octanol–water partition coefficient (Wildman–Crippen LogP) is 4.06. The van der Waals surface area contributed by atoms with Gasteiger partial charge in [-0.1, -0.05) is 36.4 Å². The van der Waals surface area contributed by atoms with Gasteiger partial charge in [0.05, 0.1) is 16.7 Å². The molecule has 1 aliphatic heterocycles. The van der Waals surface area contributed by atoms with Crippen LogP contribution in [0.1, 0.15) is 5.56 Å². The second-order valence-corrected chi connectivity index (χ2v) is 6.80. The lowest BCUT2D eigenvalue weighted by molar-refractivity contribution is -0.135. The SMILES string of the molecule is CN1B(c2ncnc3c(C(F)(F)F)c4ccccc4cc23)Nc2ccccc21. The summed E-state index contributed by atoms with van der Waals surface area (Å²) >= 11 is 0. The first-order valence-corrected chi connectivity index (χ1v) is 8.77. The van der Waals surface area contributed by atoms with Crippen LogP contribution in [0.2, 0.25) is 0 Å². The van der Waals surface area contributed by atoms with Gasteiger partial charge in [-0.25, -0.2) is 9.97 Å². The molecule has 4 nitrogen and oxygen atoms in total. The van der Waals surface area contributed by atoms with Crippen molar-refractivity contribution in [1.29, 1.82) is 0 Å². The molecule has 0 bridgehead atoms. The second kappa shape index (κ2) is 5.86. The van der Waals surface area contributed by atoms with Gasteiger partial charge in [0.25, 0.3) is 0 Å². The number of hydrogen-bond acceptors (Lipinski definition) is 4. The minimum absolute atomic E-state index is 0.0812. The second-order valence-electron chi connectivity index (χ2n) is 6.80. The van der Waals surface area contributed by atoms with Gasteiger partial charge < -0.3 is 10.0 Å². The molecule has 0 amide bonds. The molecule has 1 N–H and O–H groups in total. The zero-order valence-corrected chi connectivity index (χ0v) is 14.8. The van der Waals surface area contributed by atoms with Crippen LogP contribution in [-0.2, 0) is 6.18 Å². The molecule has 0 unspecified atom stereocenters. The fourth-order valence-electron chi connectivity index (χ4n) is 3.93. The fraction of sp³-hybridized carbons (Fsp3) is 0.100. The molecule has 5 rings (SSSR count). The molecule has 4 aromatic rings. The average molecular weight is 378 g/mol. The predicted molar refractivity (Wildman–Crippen MR) is 106 cm³/mol. The Kier molecular flexibility index (Phi) is 3.52.